The number of rotatable bonds is 3. The van der Waals surface area contributed by atoms with Crippen molar-refractivity contribution in [3.05, 3.63) is 23.0 Å². The zero-order valence-electron chi connectivity index (χ0n) is 9.23. The van der Waals surface area contributed by atoms with E-state index in [1.807, 2.05) is 0 Å². The van der Waals surface area contributed by atoms with Gasteiger partial charge in [0.2, 0.25) is 0 Å². The minimum atomic E-state index is -0.284. The Morgan fingerprint density at radius 2 is 2.35 bits per heavy atom. The van der Waals surface area contributed by atoms with Crippen LogP contribution in [0, 0.1) is 0 Å². The van der Waals surface area contributed by atoms with Crippen LogP contribution in [0.5, 0.6) is 0 Å². The minimum Gasteiger partial charge on any atom is -0.341 e. The Morgan fingerprint density at radius 1 is 1.53 bits per heavy atom. The molecule has 0 aliphatic rings. The molecule has 90 valence electrons. The van der Waals surface area contributed by atoms with Gasteiger partial charge in [0, 0.05) is 20.1 Å². The van der Waals surface area contributed by atoms with E-state index in [2.05, 4.69) is 25.6 Å². The predicted molar refractivity (Wildman–Crippen MR) is 60.6 cm³/mol. The van der Waals surface area contributed by atoms with Crippen LogP contribution in [-0.4, -0.2) is 39.1 Å². The fourth-order valence-electron chi connectivity index (χ4n) is 1.40. The quantitative estimate of drug-likeness (QED) is 0.638. The van der Waals surface area contributed by atoms with Gasteiger partial charge >= 0.3 is 6.03 Å². The number of nitrogens with one attached hydrogen (secondary N) is 3. The molecule has 0 fully saturated rings. The van der Waals surface area contributed by atoms with Gasteiger partial charge in [0.25, 0.3) is 5.56 Å². The molecule has 2 aromatic rings. The molecule has 17 heavy (non-hydrogen) atoms. The SMILES string of the molecule is CNC(=O)NCCn1cnc2nc[nH]c2c1=O. The first-order valence-electron chi connectivity index (χ1n) is 5.06. The van der Waals surface area contributed by atoms with Crippen LogP contribution < -0.4 is 16.2 Å². The average molecular weight is 236 g/mol. The lowest BCUT2D eigenvalue weighted by molar-refractivity contribution is 0.242. The van der Waals surface area contributed by atoms with Crippen LogP contribution in [0.25, 0.3) is 11.2 Å². The lowest BCUT2D eigenvalue weighted by atomic mass is 10.5. The van der Waals surface area contributed by atoms with Crippen LogP contribution in [0.1, 0.15) is 0 Å². The summed E-state index contributed by atoms with van der Waals surface area (Å²) < 4.78 is 1.41. The van der Waals surface area contributed by atoms with E-state index < -0.39 is 0 Å². The summed E-state index contributed by atoms with van der Waals surface area (Å²) >= 11 is 0. The molecule has 2 heterocycles. The lowest BCUT2D eigenvalue weighted by Gasteiger charge is -2.06. The second-order valence-corrected chi connectivity index (χ2v) is 3.35. The topological polar surface area (TPSA) is 105 Å². The van der Waals surface area contributed by atoms with E-state index in [-0.39, 0.29) is 11.6 Å². The number of nitrogens with zero attached hydrogens (tertiary/aromatic N) is 3. The molecule has 0 aliphatic heterocycles. The molecule has 2 rings (SSSR count). The third kappa shape index (κ3) is 2.25. The lowest BCUT2D eigenvalue weighted by Crippen LogP contribution is -2.36. The molecule has 8 heteroatoms. The van der Waals surface area contributed by atoms with Gasteiger partial charge in [-0.3, -0.25) is 9.36 Å². The summed E-state index contributed by atoms with van der Waals surface area (Å²) in [5.74, 6) is 0. The highest BCUT2D eigenvalue weighted by molar-refractivity contribution is 5.73. The summed E-state index contributed by atoms with van der Waals surface area (Å²) in [7, 11) is 1.53. The van der Waals surface area contributed by atoms with Crippen molar-refractivity contribution in [3.63, 3.8) is 0 Å². The number of hydrogen-bond acceptors (Lipinski definition) is 4. The van der Waals surface area contributed by atoms with Gasteiger partial charge in [-0.25, -0.2) is 14.8 Å². The third-order valence-corrected chi connectivity index (χ3v) is 2.28. The van der Waals surface area contributed by atoms with Crippen LogP contribution in [-0.2, 0) is 6.54 Å². The van der Waals surface area contributed by atoms with Crippen molar-refractivity contribution < 1.29 is 4.79 Å². The molecule has 2 aromatic heterocycles. The van der Waals surface area contributed by atoms with Crippen molar-refractivity contribution in [2.24, 2.45) is 0 Å². The van der Waals surface area contributed by atoms with Gasteiger partial charge in [-0.2, -0.15) is 0 Å². The van der Waals surface area contributed by atoms with Gasteiger partial charge in [0.1, 0.15) is 6.33 Å². The van der Waals surface area contributed by atoms with Gasteiger partial charge in [-0.15, -0.1) is 0 Å². The second-order valence-electron chi connectivity index (χ2n) is 3.35. The molecule has 0 radical (unpaired) electrons. The maximum atomic E-state index is 11.9. The van der Waals surface area contributed by atoms with Crippen LogP contribution >= 0.6 is 0 Å². The Morgan fingerprint density at radius 3 is 3.12 bits per heavy atom. The first kappa shape index (κ1) is 11.1. The van der Waals surface area contributed by atoms with E-state index in [1.165, 1.54) is 24.3 Å². The molecule has 0 atom stereocenters. The first-order valence-corrected chi connectivity index (χ1v) is 5.06. The zero-order chi connectivity index (χ0) is 12.3. The minimum absolute atomic E-state index is 0.203. The molecular formula is C9H12N6O2. The normalized spacial score (nSPS) is 10.4. The van der Waals surface area contributed by atoms with E-state index in [1.54, 1.807) is 0 Å². The highest BCUT2D eigenvalue weighted by Crippen LogP contribution is 1.97. The highest BCUT2D eigenvalue weighted by atomic mass is 16.2. The molecule has 0 aromatic carbocycles. The number of carbonyl (C=O) groups is 1. The molecule has 0 aliphatic carbocycles. The molecule has 0 saturated carbocycles. The number of aromatic amines is 1. The zero-order valence-corrected chi connectivity index (χ0v) is 9.23. The number of fused-ring (bicyclic) bond motifs is 1. The molecule has 0 spiro atoms. The Hall–Kier alpha value is -2.38. The van der Waals surface area contributed by atoms with Gasteiger partial charge in [0.05, 0.1) is 6.33 Å². The number of amides is 2. The van der Waals surface area contributed by atoms with Crippen LogP contribution in [0.2, 0.25) is 0 Å². The van der Waals surface area contributed by atoms with Crippen molar-refractivity contribution in [2.75, 3.05) is 13.6 Å². The van der Waals surface area contributed by atoms with E-state index in [0.29, 0.717) is 24.3 Å². The Balaban J connectivity index is 2.11. The first-order chi connectivity index (χ1) is 8.22. The Kier molecular flexibility index (Phi) is 3.03. The van der Waals surface area contributed by atoms with Crippen molar-refractivity contribution >= 4 is 17.2 Å². The molecule has 2 amide bonds. The van der Waals surface area contributed by atoms with Gasteiger partial charge in [0.15, 0.2) is 11.2 Å². The van der Waals surface area contributed by atoms with E-state index in [4.69, 9.17) is 0 Å². The summed E-state index contributed by atoms with van der Waals surface area (Å²) in [4.78, 5) is 33.4. The van der Waals surface area contributed by atoms with Crippen LogP contribution in [0.4, 0.5) is 4.79 Å². The van der Waals surface area contributed by atoms with E-state index in [9.17, 15) is 9.59 Å². The third-order valence-electron chi connectivity index (χ3n) is 2.28. The molecule has 0 saturated heterocycles. The maximum Gasteiger partial charge on any atom is 0.314 e. The predicted octanol–water partition coefficient (Wildman–Crippen LogP) is -0.951. The molecule has 0 bridgehead atoms. The molecule has 8 nitrogen and oxygen atoms in total. The summed E-state index contributed by atoms with van der Waals surface area (Å²) in [6.45, 7) is 0.703. The largest absolute Gasteiger partial charge is 0.341 e. The highest BCUT2D eigenvalue weighted by Gasteiger charge is 2.05. The van der Waals surface area contributed by atoms with E-state index in [0.717, 1.165) is 0 Å². The second kappa shape index (κ2) is 4.64. The summed E-state index contributed by atoms with van der Waals surface area (Å²) in [5.41, 5.74) is 0.559. The Labute approximate surface area is 96.1 Å². The molecule has 0 unspecified atom stereocenters. The number of hydrogen-bond donors (Lipinski definition) is 3. The summed E-state index contributed by atoms with van der Waals surface area (Å²) in [6.07, 6.45) is 2.84. The average Bonchev–Trinajstić information content (AvgIpc) is 2.81. The number of H-pyrrole nitrogens is 1. The van der Waals surface area contributed by atoms with Crippen molar-refractivity contribution in [1.29, 1.82) is 0 Å². The smallest absolute Gasteiger partial charge is 0.314 e. The monoisotopic (exact) mass is 236 g/mol. The number of carbonyl (C=O) groups excluding carboxylic acids is 1. The van der Waals surface area contributed by atoms with E-state index >= 15 is 0 Å². The maximum absolute atomic E-state index is 11.9. The van der Waals surface area contributed by atoms with Gasteiger partial charge in [-0.05, 0) is 0 Å². The van der Waals surface area contributed by atoms with Crippen molar-refractivity contribution in [1.82, 2.24) is 30.2 Å². The number of imidazole rings is 1. The van der Waals surface area contributed by atoms with Gasteiger partial charge < -0.3 is 15.6 Å². The summed E-state index contributed by atoms with van der Waals surface area (Å²) in [6, 6.07) is -0.284. The number of aromatic nitrogens is 4. The van der Waals surface area contributed by atoms with Crippen LogP contribution in [0.15, 0.2) is 17.4 Å². The summed E-state index contributed by atoms with van der Waals surface area (Å²) in [5, 5.41) is 5.01. The van der Waals surface area contributed by atoms with Crippen LogP contribution in [0.3, 0.4) is 0 Å². The fraction of sp³-hybridized carbons (Fsp3) is 0.333. The van der Waals surface area contributed by atoms with Crippen molar-refractivity contribution in [2.45, 2.75) is 6.54 Å². The van der Waals surface area contributed by atoms with Crippen molar-refractivity contribution in [3.8, 4) is 0 Å². The molecular weight excluding hydrogens is 224 g/mol. The van der Waals surface area contributed by atoms with Gasteiger partial charge in [-0.1, -0.05) is 0 Å². The Bertz CT molecular complexity index is 586. The fourth-order valence-corrected chi connectivity index (χ4v) is 1.40. The molecule has 3 N–H and O–H groups in total. The standard InChI is InChI=1S/C9H12N6O2/c1-10-9(17)11-2-3-15-5-14-7-6(8(15)16)12-4-13-7/h4-5H,2-3H2,1H3,(H,12,13)(H2,10,11,17). The number of urea groups is 1.